The second-order valence-electron chi connectivity index (χ2n) is 5.84. The monoisotopic (exact) mass is 456 g/mol. The van der Waals surface area contributed by atoms with Crippen molar-refractivity contribution in [1.82, 2.24) is 9.97 Å². The number of benzene rings is 2. The van der Waals surface area contributed by atoms with Crippen molar-refractivity contribution in [2.24, 2.45) is 0 Å². The Bertz CT molecular complexity index is 1060. The van der Waals surface area contributed by atoms with E-state index in [1.165, 1.54) is 6.07 Å². The van der Waals surface area contributed by atoms with Crippen LogP contribution >= 0.6 is 27.5 Å². The third-order valence-corrected chi connectivity index (χ3v) is 4.91. The van der Waals surface area contributed by atoms with Crippen LogP contribution in [0.1, 0.15) is 13.8 Å². The normalized spacial score (nSPS) is 10.3. The second-order valence-corrected chi connectivity index (χ2v) is 7.19. The van der Waals surface area contributed by atoms with Gasteiger partial charge in [0.2, 0.25) is 0 Å². The topological polar surface area (TPSA) is 28.7 Å². The van der Waals surface area contributed by atoms with Crippen LogP contribution in [-0.2, 0) is 0 Å². The first kappa shape index (κ1) is 20.3. The standard InChI is InChI=1S/C21H13BrClFN2.C2H6/c22-15-3-6-17(19(24)11-15)18-12-20(13-1-4-16(23)5-2-13)26-21(18)14-7-9-25-10-8-14;1-2/h1-12,26H;1-2H3. The molecule has 0 bridgehead atoms. The second kappa shape index (κ2) is 9.18. The molecule has 2 heterocycles. The molecule has 0 radical (unpaired) electrons. The summed E-state index contributed by atoms with van der Waals surface area (Å²) in [6.45, 7) is 4.00. The highest BCUT2D eigenvalue weighted by molar-refractivity contribution is 9.10. The Morgan fingerprint density at radius 3 is 2.18 bits per heavy atom. The number of hydrogen-bond acceptors (Lipinski definition) is 1. The predicted octanol–water partition coefficient (Wildman–Crippen LogP) is 7.99. The molecule has 0 aliphatic heterocycles. The zero-order valence-electron chi connectivity index (χ0n) is 15.5. The average Bonchev–Trinajstić information content (AvgIpc) is 3.16. The van der Waals surface area contributed by atoms with Gasteiger partial charge in [-0.3, -0.25) is 4.98 Å². The SMILES string of the molecule is CC.Fc1cc(Br)ccc1-c1cc(-c2ccc(Cl)cc2)[nH]c1-c1ccncc1. The summed E-state index contributed by atoms with van der Waals surface area (Å²) in [5.41, 5.74) is 5.00. The number of nitrogens with zero attached hydrogens (tertiary/aromatic N) is 1. The molecule has 0 aliphatic rings. The molecule has 28 heavy (non-hydrogen) atoms. The molecular formula is C23H19BrClFN2. The van der Waals surface area contributed by atoms with Crippen molar-refractivity contribution in [1.29, 1.82) is 0 Å². The van der Waals surface area contributed by atoms with Crippen LogP contribution < -0.4 is 0 Å². The first-order valence-electron chi connectivity index (χ1n) is 8.96. The highest BCUT2D eigenvalue weighted by atomic mass is 79.9. The summed E-state index contributed by atoms with van der Waals surface area (Å²) in [7, 11) is 0. The maximum Gasteiger partial charge on any atom is 0.132 e. The van der Waals surface area contributed by atoms with Crippen LogP contribution in [0.15, 0.2) is 77.5 Å². The number of aromatic amines is 1. The van der Waals surface area contributed by atoms with Crippen molar-refractivity contribution in [3.05, 3.63) is 88.4 Å². The molecule has 4 rings (SSSR count). The summed E-state index contributed by atoms with van der Waals surface area (Å²) in [6, 6.07) is 18.4. The summed E-state index contributed by atoms with van der Waals surface area (Å²) >= 11 is 9.30. The van der Waals surface area contributed by atoms with Gasteiger partial charge in [-0.25, -0.2) is 4.39 Å². The van der Waals surface area contributed by atoms with Gasteiger partial charge in [0.1, 0.15) is 5.82 Å². The Hall–Kier alpha value is -2.43. The van der Waals surface area contributed by atoms with Gasteiger partial charge in [-0.15, -0.1) is 0 Å². The van der Waals surface area contributed by atoms with Crippen LogP contribution in [0.5, 0.6) is 0 Å². The first-order chi connectivity index (χ1) is 13.6. The molecule has 0 atom stereocenters. The Labute approximate surface area is 177 Å². The van der Waals surface area contributed by atoms with E-state index in [1.807, 2.05) is 62.4 Å². The largest absolute Gasteiger partial charge is 0.354 e. The lowest BCUT2D eigenvalue weighted by Crippen LogP contribution is -1.87. The lowest BCUT2D eigenvalue weighted by molar-refractivity contribution is 0.630. The molecule has 4 aromatic rings. The molecule has 2 aromatic carbocycles. The number of aromatic nitrogens is 2. The van der Waals surface area contributed by atoms with E-state index in [9.17, 15) is 4.39 Å². The Morgan fingerprint density at radius 2 is 1.54 bits per heavy atom. The van der Waals surface area contributed by atoms with Crippen LogP contribution in [0.25, 0.3) is 33.6 Å². The average molecular weight is 458 g/mol. The van der Waals surface area contributed by atoms with Crippen LogP contribution in [0.3, 0.4) is 0 Å². The molecule has 2 nitrogen and oxygen atoms in total. The van der Waals surface area contributed by atoms with E-state index in [0.29, 0.717) is 15.1 Å². The summed E-state index contributed by atoms with van der Waals surface area (Å²) < 4.78 is 15.3. The highest BCUT2D eigenvalue weighted by Gasteiger charge is 2.16. The third-order valence-electron chi connectivity index (χ3n) is 4.16. The number of halogens is 3. The molecule has 1 N–H and O–H groups in total. The van der Waals surface area contributed by atoms with E-state index < -0.39 is 0 Å². The van der Waals surface area contributed by atoms with E-state index in [0.717, 1.165) is 28.1 Å². The van der Waals surface area contributed by atoms with Gasteiger partial charge < -0.3 is 4.98 Å². The van der Waals surface area contributed by atoms with Crippen LogP contribution in [0.4, 0.5) is 4.39 Å². The van der Waals surface area contributed by atoms with Crippen LogP contribution in [0.2, 0.25) is 5.02 Å². The van der Waals surface area contributed by atoms with E-state index >= 15 is 0 Å². The minimum absolute atomic E-state index is 0.281. The molecule has 0 saturated heterocycles. The molecule has 0 fully saturated rings. The minimum atomic E-state index is -0.281. The van der Waals surface area contributed by atoms with E-state index in [4.69, 9.17) is 11.6 Å². The number of rotatable bonds is 3. The van der Waals surface area contributed by atoms with E-state index in [-0.39, 0.29) is 5.82 Å². The molecule has 0 amide bonds. The number of pyridine rings is 1. The summed E-state index contributed by atoms with van der Waals surface area (Å²) in [6.07, 6.45) is 3.44. The first-order valence-corrected chi connectivity index (χ1v) is 10.1. The molecule has 5 heteroatoms. The third kappa shape index (κ3) is 4.34. The molecule has 0 unspecified atom stereocenters. The minimum Gasteiger partial charge on any atom is -0.354 e. The van der Waals surface area contributed by atoms with Crippen LogP contribution in [0, 0.1) is 5.82 Å². The maximum atomic E-state index is 14.6. The molecule has 142 valence electrons. The van der Waals surface area contributed by atoms with Gasteiger partial charge >= 0.3 is 0 Å². The molecule has 0 aliphatic carbocycles. The Morgan fingerprint density at radius 1 is 0.857 bits per heavy atom. The van der Waals surface area contributed by atoms with Crippen molar-refractivity contribution in [3.8, 4) is 33.6 Å². The number of nitrogens with one attached hydrogen (secondary N) is 1. The van der Waals surface area contributed by atoms with Crippen molar-refractivity contribution in [2.45, 2.75) is 13.8 Å². The predicted molar refractivity (Wildman–Crippen MR) is 119 cm³/mol. The summed E-state index contributed by atoms with van der Waals surface area (Å²) in [5.74, 6) is -0.281. The zero-order chi connectivity index (χ0) is 20.1. The van der Waals surface area contributed by atoms with Crippen molar-refractivity contribution in [3.63, 3.8) is 0 Å². The number of hydrogen-bond donors (Lipinski definition) is 1. The van der Waals surface area contributed by atoms with Crippen molar-refractivity contribution in [2.75, 3.05) is 0 Å². The van der Waals surface area contributed by atoms with Crippen molar-refractivity contribution < 1.29 is 4.39 Å². The molecular weight excluding hydrogens is 439 g/mol. The van der Waals surface area contributed by atoms with Gasteiger partial charge in [-0.2, -0.15) is 0 Å². The molecule has 0 spiro atoms. The Balaban J connectivity index is 0.00000109. The molecule has 2 aromatic heterocycles. The fourth-order valence-electron chi connectivity index (χ4n) is 2.91. The smallest absolute Gasteiger partial charge is 0.132 e. The number of H-pyrrole nitrogens is 1. The quantitative estimate of drug-likeness (QED) is 0.332. The van der Waals surface area contributed by atoms with Gasteiger partial charge in [-0.1, -0.05) is 59.6 Å². The fourth-order valence-corrected chi connectivity index (χ4v) is 3.37. The fraction of sp³-hybridized carbons (Fsp3) is 0.0870. The van der Waals surface area contributed by atoms with Gasteiger partial charge in [-0.05, 0) is 48.0 Å². The van der Waals surface area contributed by atoms with E-state index in [2.05, 4.69) is 25.9 Å². The maximum absolute atomic E-state index is 14.6. The summed E-state index contributed by atoms with van der Waals surface area (Å²) in [5, 5.41) is 0.675. The highest BCUT2D eigenvalue weighted by Crippen LogP contribution is 2.37. The van der Waals surface area contributed by atoms with Crippen LogP contribution in [-0.4, -0.2) is 9.97 Å². The lowest BCUT2D eigenvalue weighted by Gasteiger charge is -2.06. The lowest BCUT2D eigenvalue weighted by atomic mass is 10.0. The zero-order valence-corrected chi connectivity index (χ0v) is 17.9. The Kier molecular flexibility index (Phi) is 6.65. The van der Waals surface area contributed by atoms with Gasteiger partial charge in [0.15, 0.2) is 0 Å². The van der Waals surface area contributed by atoms with Crippen molar-refractivity contribution >= 4 is 27.5 Å². The summed E-state index contributed by atoms with van der Waals surface area (Å²) in [4.78, 5) is 7.49. The van der Waals surface area contributed by atoms with E-state index in [1.54, 1.807) is 18.5 Å². The van der Waals surface area contributed by atoms with Gasteiger partial charge in [0.25, 0.3) is 0 Å². The van der Waals surface area contributed by atoms with Gasteiger partial charge in [0, 0.05) is 44.3 Å². The molecule has 0 saturated carbocycles. The van der Waals surface area contributed by atoms with Gasteiger partial charge in [0.05, 0.1) is 5.69 Å².